The molecule has 0 unspecified atom stereocenters. The van der Waals surface area contributed by atoms with Crippen molar-refractivity contribution in [3.63, 3.8) is 0 Å². The van der Waals surface area contributed by atoms with Crippen molar-refractivity contribution in [1.82, 2.24) is 0 Å². The second-order valence-electron chi connectivity index (χ2n) is 10.1. The Morgan fingerprint density at radius 1 is 1.33 bits per heavy atom. The van der Waals surface area contributed by atoms with Crippen molar-refractivity contribution in [1.29, 1.82) is 0 Å². The summed E-state index contributed by atoms with van der Waals surface area (Å²) in [6.07, 6.45) is 9.35. The molecule has 30 heavy (non-hydrogen) atoms. The van der Waals surface area contributed by atoms with Crippen LogP contribution in [0.4, 0.5) is 0 Å². The number of carbonyl (C=O) groups is 1. The largest absolute Gasteiger partial charge is 0.417 e. The van der Waals surface area contributed by atoms with E-state index in [0.717, 1.165) is 44.1 Å². The minimum absolute atomic E-state index is 0.120. The van der Waals surface area contributed by atoms with Gasteiger partial charge in [-0.15, -0.1) is 0 Å². The van der Waals surface area contributed by atoms with Crippen molar-refractivity contribution in [3.8, 4) is 0 Å². The normalized spacial score (nSPS) is 22.0. The van der Waals surface area contributed by atoms with Crippen LogP contribution in [-0.2, 0) is 23.4 Å². The SMILES string of the molecule is C=C(C[C@H](C)C[C@@H]1CC=C[C@@H](CCO[Si](C)(C)C(C)(C)C)O1)C[C@@H](C=O)OCOC. The Morgan fingerprint density at radius 2 is 2.03 bits per heavy atom. The summed E-state index contributed by atoms with van der Waals surface area (Å²) < 4.78 is 22.8. The van der Waals surface area contributed by atoms with Gasteiger partial charge in [0.15, 0.2) is 8.32 Å². The monoisotopic (exact) mass is 440 g/mol. The second-order valence-corrected chi connectivity index (χ2v) is 14.9. The lowest BCUT2D eigenvalue weighted by molar-refractivity contribution is -0.127. The average molecular weight is 441 g/mol. The smallest absolute Gasteiger partial charge is 0.191 e. The van der Waals surface area contributed by atoms with Crippen molar-refractivity contribution in [2.24, 2.45) is 5.92 Å². The van der Waals surface area contributed by atoms with Crippen LogP contribution in [0, 0.1) is 5.92 Å². The van der Waals surface area contributed by atoms with Gasteiger partial charge in [0.05, 0.1) is 12.2 Å². The molecule has 0 radical (unpaired) electrons. The number of rotatable bonds is 14. The molecule has 0 spiro atoms. The van der Waals surface area contributed by atoms with Gasteiger partial charge in [0.2, 0.25) is 0 Å². The highest BCUT2D eigenvalue weighted by Gasteiger charge is 2.37. The van der Waals surface area contributed by atoms with Gasteiger partial charge in [0.1, 0.15) is 19.2 Å². The van der Waals surface area contributed by atoms with E-state index < -0.39 is 14.4 Å². The first-order chi connectivity index (χ1) is 14.0. The molecular weight excluding hydrogens is 396 g/mol. The van der Waals surface area contributed by atoms with Crippen molar-refractivity contribution >= 4 is 14.6 Å². The highest BCUT2D eigenvalue weighted by Crippen LogP contribution is 2.36. The standard InChI is InChI=1S/C24H44O5Si/c1-19(14-20(2)16-23(17-25)27-18-26-6)15-22-11-9-10-21(29-22)12-13-28-30(7,8)24(3,4)5/h9-10,17,19,21-23H,2,11-16,18H2,1,3-8H3/t19-,21-,22-,23-/m0/s1. The van der Waals surface area contributed by atoms with Crippen LogP contribution in [0.5, 0.6) is 0 Å². The zero-order valence-electron chi connectivity index (χ0n) is 20.2. The van der Waals surface area contributed by atoms with Crippen LogP contribution >= 0.6 is 0 Å². The molecule has 0 amide bonds. The molecule has 0 aromatic carbocycles. The van der Waals surface area contributed by atoms with E-state index in [1.54, 1.807) is 7.11 Å². The van der Waals surface area contributed by atoms with Crippen LogP contribution in [0.15, 0.2) is 24.3 Å². The maximum atomic E-state index is 11.1. The van der Waals surface area contributed by atoms with Crippen molar-refractivity contribution in [3.05, 3.63) is 24.3 Å². The van der Waals surface area contributed by atoms with Gasteiger partial charge in [0.25, 0.3) is 0 Å². The molecule has 1 aliphatic rings. The van der Waals surface area contributed by atoms with Gasteiger partial charge in [-0.2, -0.15) is 0 Å². The summed E-state index contributed by atoms with van der Waals surface area (Å²) in [7, 11) is -0.163. The van der Waals surface area contributed by atoms with E-state index in [0.29, 0.717) is 12.3 Å². The topological polar surface area (TPSA) is 54.0 Å². The summed E-state index contributed by atoms with van der Waals surface area (Å²) in [5.74, 6) is 0.438. The number of aldehydes is 1. The van der Waals surface area contributed by atoms with Crippen LogP contribution in [0.2, 0.25) is 18.1 Å². The summed E-state index contributed by atoms with van der Waals surface area (Å²) in [4.78, 5) is 11.1. The Kier molecular flexibility index (Phi) is 11.7. The van der Waals surface area contributed by atoms with Gasteiger partial charge in [-0.05, 0) is 49.7 Å². The lowest BCUT2D eigenvalue weighted by Crippen LogP contribution is -2.41. The second kappa shape index (κ2) is 12.9. The Balaban J connectivity index is 2.38. The molecule has 0 saturated carbocycles. The summed E-state index contributed by atoms with van der Waals surface area (Å²) in [5, 5.41) is 0.230. The van der Waals surface area contributed by atoms with E-state index in [1.807, 2.05) is 0 Å². The van der Waals surface area contributed by atoms with Crippen LogP contribution in [-0.4, -0.2) is 53.4 Å². The molecule has 0 aliphatic carbocycles. The zero-order chi connectivity index (χ0) is 22.8. The zero-order valence-corrected chi connectivity index (χ0v) is 21.2. The molecule has 4 atom stereocenters. The molecule has 1 aliphatic heterocycles. The summed E-state index contributed by atoms with van der Waals surface area (Å²) in [6, 6.07) is 0. The molecule has 5 nitrogen and oxygen atoms in total. The highest BCUT2D eigenvalue weighted by molar-refractivity contribution is 6.74. The molecular formula is C24H44O5Si. The van der Waals surface area contributed by atoms with E-state index in [2.05, 4.69) is 59.5 Å². The Hall–Kier alpha value is -0.793. The number of hydrogen-bond acceptors (Lipinski definition) is 5. The number of carbonyl (C=O) groups excluding carboxylic acids is 1. The molecule has 1 rings (SSSR count). The predicted molar refractivity (Wildman–Crippen MR) is 125 cm³/mol. The minimum Gasteiger partial charge on any atom is -0.417 e. The highest BCUT2D eigenvalue weighted by atomic mass is 28.4. The molecule has 0 bridgehead atoms. The molecule has 0 saturated heterocycles. The Morgan fingerprint density at radius 3 is 2.63 bits per heavy atom. The van der Waals surface area contributed by atoms with Crippen molar-refractivity contribution in [2.45, 2.75) is 96.2 Å². The van der Waals surface area contributed by atoms with Gasteiger partial charge in [0, 0.05) is 20.1 Å². The number of ether oxygens (including phenoxy) is 3. The van der Waals surface area contributed by atoms with E-state index in [9.17, 15) is 4.79 Å². The lowest BCUT2D eigenvalue weighted by atomic mass is 9.92. The average Bonchev–Trinajstić information content (AvgIpc) is 2.64. The summed E-state index contributed by atoms with van der Waals surface area (Å²) in [5.41, 5.74) is 1.03. The lowest BCUT2D eigenvalue weighted by Gasteiger charge is -2.36. The minimum atomic E-state index is -1.71. The van der Waals surface area contributed by atoms with Gasteiger partial charge in [-0.1, -0.05) is 52.0 Å². The Labute approximate surface area is 185 Å². The molecule has 1 heterocycles. The van der Waals surface area contributed by atoms with Gasteiger partial charge in [-0.3, -0.25) is 0 Å². The fourth-order valence-electron chi connectivity index (χ4n) is 3.39. The number of methoxy groups -OCH3 is 1. The van der Waals surface area contributed by atoms with Gasteiger partial charge >= 0.3 is 0 Å². The molecule has 0 aromatic rings. The first-order valence-corrected chi connectivity index (χ1v) is 14.1. The summed E-state index contributed by atoms with van der Waals surface area (Å²) >= 11 is 0. The van der Waals surface area contributed by atoms with Crippen LogP contribution in [0.25, 0.3) is 0 Å². The first kappa shape index (κ1) is 27.2. The van der Waals surface area contributed by atoms with E-state index in [-0.39, 0.29) is 24.0 Å². The third kappa shape index (κ3) is 10.0. The fraction of sp³-hybridized carbons (Fsp3) is 0.792. The Bertz CT molecular complexity index is 552. The third-order valence-electron chi connectivity index (χ3n) is 6.13. The summed E-state index contributed by atoms with van der Waals surface area (Å²) in [6.45, 7) is 18.6. The molecule has 0 fully saturated rings. The molecule has 0 N–H and O–H groups in total. The molecule has 0 aromatic heterocycles. The quantitative estimate of drug-likeness (QED) is 0.151. The van der Waals surface area contributed by atoms with Gasteiger partial charge in [-0.25, -0.2) is 0 Å². The van der Waals surface area contributed by atoms with Crippen molar-refractivity contribution < 1.29 is 23.4 Å². The number of hydrogen-bond donors (Lipinski definition) is 0. The van der Waals surface area contributed by atoms with Crippen LogP contribution < -0.4 is 0 Å². The molecule has 6 heteroatoms. The van der Waals surface area contributed by atoms with E-state index in [1.165, 1.54) is 0 Å². The van der Waals surface area contributed by atoms with Crippen LogP contribution in [0.1, 0.15) is 59.8 Å². The first-order valence-electron chi connectivity index (χ1n) is 11.2. The van der Waals surface area contributed by atoms with E-state index in [4.69, 9.17) is 18.6 Å². The fourth-order valence-corrected chi connectivity index (χ4v) is 4.45. The van der Waals surface area contributed by atoms with E-state index >= 15 is 0 Å². The van der Waals surface area contributed by atoms with Crippen LogP contribution in [0.3, 0.4) is 0 Å². The maximum Gasteiger partial charge on any atom is 0.191 e. The maximum absolute atomic E-state index is 11.1. The molecule has 174 valence electrons. The third-order valence-corrected chi connectivity index (χ3v) is 10.7. The van der Waals surface area contributed by atoms with Gasteiger partial charge < -0.3 is 23.4 Å². The predicted octanol–water partition coefficient (Wildman–Crippen LogP) is 5.66. The van der Waals surface area contributed by atoms with Crippen molar-refractivity contribution in [2.75, 3.05) is 20.5 Å².